The Balaban J connectivity index is 1.55. The molecule has 0 saturated carbocycles. The van der Waals surface area contributed by atoms with Crippen LogP contribution in [0.15, 0.2) is 61.4 Å². The molecular formula is C16H14N4O5S. The van der Waals surface area contributed by atoms with E-state index in [0.717, 1.165) is 0 Å². The van der Waals surface area contributed by atoms with Crippen LogP contribution in [0.2, 0.25) is 0 Å². The molecule has 2 heterocycles. The average Bonchev–Trinajstić information content (AvgIpc) is 3.13. The topological polar surface area (TPSA) is 130 Å². The molecule has 0 atom stereocenters. The minimum Gasteiger partial charge on any atom is -0.408 e. The van der Waals surface area contributed by atoms with Crippen LogP contribution in [-0.2, 0) is 16.6 Å². The lowest BCUT2D eigenvalue weighted by Crippen LogP contribution is -2.30. The summed E-state index contributed by atoms with van der Waals surface area (Å²) < 4.78 is 33.6. The highest BCUT2D eigenvalue weighted by molar-refractivity contribution is 7.89. The first-order valence-corrected chi connectivity index (χ1v) is 9.22. The Bertz CT molecular complexity index is 1330. The van der Waals surface area contributed by atoms with Gasteiger partial charge >= 0.3 is 11.4 Å². The van der Waals surface area contributed by atoms with E-state index in [2.05, 4.69) is 14.7 Å². The number of hydrogen-bond acceptors (Lipinski definition) is 5. The van der Waals surface area contributed by atoms with Crippen LogP contribution in [0.3, 0.4) is 0 Å². The predicted octanol–water partition coefficient (Wildman–Crippen LogP) is 0.743. The molecule has 2 aromatic carbocycles. The molecule has 0 saturated heterocycles. The Kier molecular flexibility index (Phi) is 3.78. The number of H-pyrrole nitrogens is 2. The number of imidazole rings is 1. The normalized spacial score (nSPS) is 12.2. The molecule has 0 spiro atoms. The molecule has 0 radical (unpaired) electrons. The number of hydrogen-bond donors (Lipinski definition) is 3. The summed E-state index contributed by atoms with van der Waals surface area (Å²) in [5, 5.41) is 0. The first kappa shape index (κ1) is 16.4. The molecule has 3 N–H and O–H groups in total. The van der Waals surface area contributed by atoms with Crippen molar-refractivity contribution in [2.24, 2.45) is 0 Å². The van der Waals surface area contributed by atoms with Gasteiger partial charge in [-0.1, -0.05) is 12.1 Å². The van der Waals surface area contributed by atoms with Crippen LogP contribution in [0.25, 0.3) is 22.1 Å². The average molecular weight is 374 g/mol. The third kappa shape index (κ3) is 2.85. The molecule has 0 aliphatic carbocycles. The number of aromatic amines is 2. The van der Waals surface area contributed by atoms with Crippen LogP contribution in [0.1, 0.15) is 0 Å². The number of rotatable bonds is 5. The van der Waals surface area contributed by atoms with Gasteiger partial charge in [-0.05, 0) is 24.3 Å². The van der Waals surface area contributed by atoms with Crippen molar-refractivity contribution in [3.63, 3.8) is 0 Å². The second-order valence-electron chi connectivity index (χ2n) is 5.67. The van der Waals surface area contributed by atoms with E-state index in [-0.39, 0.29) is 29.3 Å². The molecule has 10 heteroatoms. The van der Waals surface area contributed by atoms with Crippen LogP contribution in [0, 0.1) is 0 Å². The standard InChI is InChI=1S/C16H14N4O5S/c21-15-18-11-3-1-2-4-13(11)20(15)8-7-17-26(23,24)10-5-6-12-14(9-10)25-16(22)19-12/h1-6,9,17H,7-8H2,(H,18,21)(H,19,22). The Morgan fingerprint density at radius 3 is 2.69 bits per heavy atom. The first-order chi connectivity index (χ1) is 12.4. The van der Waals surface area contributed by atoms with Gasteiger partial charge in [-0.3, -0.25) is 9.55 Å². The van der Waals surface area contributed by atoms with Gasteiger partial charge in [0, 0.05) is 19.2 Å². The molecule has 134 valence electrons. The number of sulfonamides is 1. The molecule has 0 amide bonds. The Morgan fingerprint density at radius 1 is 1.04 bits per heavy atom. The van der Waals surface area contributed by atoms with Gasteiger partial charge in [0.1, 0.15) is 0 Å². The summed E-state index contributed by atoms with van der Waals surface area (Å²) in [5.74, 6) is -0.652. The minimum atomic E-state index is -3.81. The highest BCUT2D eigenvalue weighted by Gasteiger charge is 2.16. The second-order valence-corrected chi connectivity index (χ2v) is 7.44. The van der Waals surface area contributed by atoms with Crippen molar-refractivity contribution in [2.45, 2.75) is 11.4 Å². The summed E-state index contributed by atoms with van der Waals surface area (Å²) in [6, 6.07) is 11.3. The third-order valence-corrected chi connectivity index (χ3v) is 5.47. The quantitative estimate of drug-likeness (QED) is 0.474. The smallest absolute Gasteiger partial charge is 0.408 e. The summed E-state index contributed by atoms with van der Waals surface area (Å²) in [6.45, 7) is 0.197. The number of fused-ring (bicyclic) bond motifs is 2. The lowest BCUT2D eigenvalue weighted by molar-refractivity contribution is 0.553. The van der Waals surface area contributed by atoms with Gasteiger partial charge in [-0.25, -0.2) is 22.7 Å². The SMILES string of the molecule is O=c1[nH]c2ccc(S(=O)(=O)NCCn3c(=O)[nH]c4ccccc43)cc2o1. The Labute approximate surface area is 146 Å². The van der Waals surface area contributed by atoms with E-state index < -0.39 is 15.8 Å². The summed E-state index contributed by atoms with van der Waals surface area (Å²) in [7, 11) is -3.81. The van der Waals surface area contributed by atoms with Crippen molar-refractivity contribution in [1.82, 2.24) is 19.3 Å². The van der Waals surface area contributed by atoms with Gasteiger partial charge in [-0.2, -0.15) is 0 Å². The van der Waals surface area contributed by atoms with E-state index in [0.29, 0.717) is 16.6 Å². The van der Waals surface area contributed by atoms with Crippen molar-refractivity contribution in [3.8, 4) is 0 Å². The molecule has 2 aromatic heterocycles. The van der Waals surface area contributed by atoms with E-state index in [9.17, 15) is 18.0 Å². The minimum absolute atomic E-state index is 0.0270. The first-order valence-electron chi connectivity index (χ1n) is 7.74. The molecule has 4 aromatic rings. The van der Waals surface area contributed by atoms with E-state index >= 15 is 0 Å². The molecule has 4 rings (SSSR count). The lowest BCUT2D eigenvalue weighted by atomic mass is 10.3. The number of nitrogens with zero attached hydrogens (tertiary/aromatic N) is 1. The maximum absolute atomic E-state index is 12.4. The summed E-state index contributed by atoms with van der Waals surface area (Å²) in [5.41, 5.74) is 1.66. The Hall–Kier alpha value is -3.11. The number of nitrogens with one attached hydrogen (secondary N) is 3. The van der Waals surface area contributed by atoms with Crippen molar-refractivity contribution < 1.29 is 12.8 Å². The van der Waals surface area contributed by atoms with E-state index in [4.69, 9.17) is 4.42 Å². The zero-order valence-electron chi connectivity index (χ0n) is 13.4. The molecule has 0 fully saturated rings. The fourth-order valence-corrected chi connectivity index (χ4v) is 3.83. The summed E-state index contributed by atoms with van der Waals surface area (Å²) >= 11 is 0. The monoisotopic (exact) mass is 374 g/mol. The van der Waals surface area contributed by atoms with Crippen molar-refractivity contribution >= 4 is 32.2 Å². The van der Waals surface area contributed by atoms with Crippen LogP contribution in [0.4, 0.5) is 0 Å². The fourth-order valence-electron chi connectivity index (χ4n) is 2.80. The van der Waals surface area contributed by atoms with Gasteiger partial charge in [-0.15, -0.1) is 0 Å². The van der Waals surface area contributed by atoms with Crippen molar-refractivity contribution in [1.29, 1.82) is 0 Å². The molecule has 0 unspecified atom stereocenters. The maximum Gasteiger partial charge on any atom is 0.417 e. The molecule has 0 bridgehead atoms. The number of oxazole rings is 1. The van der Waals surface area contributed by atoms with Gasteiger partial charge in [0.05, 0.1) is 21.4 Å². The highest BCUT2D eigenvalue weighted by atomic mass is 32.2. The fraction of sp³-hybridized carbons (Fsp3) is 0.125. The number of benzene rings is 2. The number of para-hydroxylation sites is 2. The van der Waals surface area contributed by atoms with E-state index in [1.165, 1.54) is 22.8 Å². The second kappa shape index (κ2) is 6.00. The van der Waals surface area contributed by atoms with Gasteiger partial charge in [0.25, 0.3) is 0 Å². The third-order valence-electron chi connectivity index (χ3n) is 4.01. The van der Waals surface area contributed by atoms with Crippen LogP contribution < -0.4 is 16.2 Å². The predicted molar refractivity (Wildman–Crippen MR) is 94.6 cm³/mol. The van der Waals surface area contributed by atoms with Crippen LogP contribution in [0.5, 0.6) is 0 Å². The van der Waals surface area contributed by atoms with E-state index in [1.807, 2.05) is 0 Å². The summed E-state index contributed by atoms with van der Waals surface area (Å²) in [6.07, 6.45) is 0. The summed E-state index contributed by atoms with van der Waals surface area (Å²) in [4.78, 5) is 28.3. The van der Waals surface area contributed by atoms with Gasteiger partial charge in [0.15, 0.2) is 5.58 Å². The van der Waals surface area contributed by atoms with Crippen molar-refractivity contribution in [3.05, 3.63) is 63.5 Å². The highest BCUT2D eigenvalue weighted by Crippen LogP contribution is 2.16. The Morgan fingerprint density at radius 2 is 1.85 bits per heavy atom. The molecule has 0 aliphatic rings. The largest absolute Gasteiger partial charge is 0.417 e. The number of aromatic nitrogens is 3. The zero-order valence-corrected chi connectivity index (χ0v) is 14.2. The molecule has 26 heavy (non-hydrogen) atoms. The van der Waals surface area contributed by atoms with Gasteiger partial charge < -0.3 is 9.40 Å². The van der Waals surface area contributed by atoms with Gasteiger partial charge in [0.2, 0.25) is 10.0 Å². The van der Waals surface area contributed by atoms with Crippen LogP contribution in [-0.4, -0.2) is 29.5 Å². The van der Waals surface area contributed by atoms with Crippen molar-refractivity contribution in [2.75, 3.05) is 6.54 Å². The molecule has 9 nitrogen and oxygen atoms in total. The lowest BCUT2D eigenvalue weighted by Gasteiger charge is -2.07. The van der Waals surface area contributed by atoms with E-state index in [1.54, 1.807) is 24.3 Å². The molecular weight excluding hydrogens is 360 g/mol. The molecule has 0 aliphatic heterocycles. The van der Waals surface area contributed by atoms with Crippen LogP contribution >= 0.6 is 0 Å². The zero-order chi connectivity index (χ0) is 18.3. The maximum atomic E-state index is 12.4.